The van der Waals surface area contributed by atoms with Gasteiger partial charge in [-0.15, -0.1) is 0 Å². The minimum atomic E-state index is -0.441. The lowest BCUT2D eigenvalue weighted by molar-refractivity contribution is 0.0950. The van der Waals surface area contributed by atoms with Gasteiger partial charge in [-0.25, -0.2) is 5.43 Å². The Morgan fingerprint density at radius 3 is 2.45 bits per heavy atom. The molecule has 162 valence electrons. The highest BCUT2D eigenvalue weighted by Gasteiger charge is 2.14. The molecule has 0 radical (unpaired) electrons. The van der Waals surface area contributed by atoms with Gasteiger partial charge < -0.3 is 18.9 Å². The Kier molecular flexibility index (Phi) is 7.10. The van der Waals surface area contributed by atoms with E-state index in [0.29, 0.717) is 40.9 Å². The smallest absolute Gasteiger partial charge is 0.289 e. The van der Waals surface area contributed by atoms with Gasteiger partial charge in [-0.3, -0.25) is 9.89 Å². The first-order valence-electron chi connectivity index (χ1n) is 9.52. The number of hydrogen-bond acceptors (Lipinski definition) is 7. The molecule has 0 aliphatic heterocycles. The van der Waals surface area contributed by atoms with Crippen molar-refractivity contribution in [3.05, 3.63) is 53.7 Å². The molecule has 9 heteroatoms. The molecule has 31 heavy (non-hydrogen) atoms. The Bertz CT molecular complexity index is 1080. The number of carbonyl (C=O) groups excluding carboxylic acids is 1. The van der Waals surface area contributed by atoms with E-state index in [2.05, 4.69) is 20.7 Å². The second kappa shape index (κ2) is 10.1. The van der Waals surface area contributed by atoms with Crippen molar-refractivity contribution in [3.8, 4) is 34.3 Å². The highest BCUT2D eigenvalue weighted by Crippen LogP contribution is 2.33. The first kappa shape index (κ1) is 21.7. The first-order chi connectivity index (χ1) is 15.1. The normalized spacial score (nSPS) is 10.7. The van der Waals surface area contributed by atoms with Crippen molar-refractivity contribution >= 4 is 12.1 Å². The minimum absolute atomic E-state index is 0.262. The number of H-pyrrole nitrogens is 1. The Labute approximate surface area is 180 Å². The van der Waals surface area contributed by atoms with Gasteiger partial charge in [0.1, 0.15) is 17.2 Å². The van der Waals surface area contributed by atoms with Gasteiger partial charge in [0.2, 0.25) is 0 Å². The lowest BCUT2D eigenvalue weighted by Crippen LogP contribution is -2.18. The van der Waals surface area contributed by atoms with E-state index in [1.807, 2.05) is 31.2 Å². The van der Waals surface area contributed by atoms with Crippen LogP contribution in [0.3, 0.4) is 0 Å². The van der Waals surface area contributed by atoms with E-state index < -0.39 is 5.91 Å². The molecule has 0 unspecified atom stereocenters. The molecular weight excluding hydrogens is 400 g/mol. The summed E-state index contributed by atoms with van der Waals surface area (Å²) in [5, 5.41) is 11.0. The zero-order valence-electron chi connectivity index (χ0n) is 17.8. The number of hydrogen-bond donors (Lipinski definition) is 2. The Balaban J connectivity index is 1.75. The molecular formula is C22H24N4O5. The number of amides is 1. The van der Waals surface area contributed by atoms with Crippen LogP contribution in [0.4, 0.5) is 0 Å². The molecule has 1 amide bonds. The van der Waals surface area contributed by atoms with Gasteiger partial charge in [-0.05, 0) is 31.2 Å². The Morgan fingerprint density at radius 2 is 1.74 bits per heavy atom. The molecule has 3 aromatic rings. The summed E-state index contributed by atoms with van der Waals surface area (Å²) in [6.45, 7) is 2.44. The maximum absolute atomic E-state index is 12.5. The Morgan fingerprint density at radius 1 is 1.03 bits per heavy atom. The molecule has 0 aliphatic carbocycles. The van der Waals surface area contributed by atoms with Crippen LogP contribution in [-0.2, 0) is 0 Å². The number of nitrogens with one attached hydrogen (secondary N) is 2. The van der Waals surface area contributed by atoms with Crippen LogP contribution in [0.5, 0.6) is 23.0 Å². The van der Waals surface area contributed by atoms with Crippen LogP contribution < -0.4 is 24.4 Å². The maximum Gasteiger partial charge on any atom is 0.289 e. The monoisotopic (exact) mass is 424 g/mol. The fourth-order valence-electron chi connectivity index (χ4n) is 2.91. The standard InChI is InChI=1S/C22H24N4O5/c1-5-31-18-9-7-6-8-15(18)16-11-17(25-24-16)22(27)26-23-13-14-10-20(29-3)21(30-4)12-19(14)28-2/h6-13H,5H2,1-4H3,(H,24,25)(H,26,27)/b23-13+. The van der Waals surface area contributed by atoms with Crippen LogP contribution in [0.1, 0.15) is 23.0 Å². The van der Waals surface area contributed by atoms with E-state index in [4.69, 9.17) is 18.9 Å². The molecule has 1 aromatic heterocycles. The average Bonchev–Trinajstić information content (AvgIpc) is 3.29. The zero-order valence-corrected chi connectivity index (χ0v) is 17.8. The predicted molar refractivity (Wildman–Crippen MR) is 116 cm³/mol. The van der Waals surface area contributed by atoms with Crippen molar-refractivity contribution in [1.82, 2.24) is 15.6 Å². The summed E-state index contributed by atoms with van der Waals surface area (Å²) in [6, 6.07) is 12.5. The van der Waals surface area contributed by atoms with Gasteiger partial charge in [0.25, 0.3) is 5.91 Å². The second-order valence-electron chi connectivity index (χ2n) is 6.24. The lowest BCUT2D eigenvalue weighted by atomic mass is 10.1. The third-order valence-electron chi connectivity index (χ3n) is 4.39. The molecule has 0 fully saturated rings. The summed E-state index contributed by atoms with van der Waals surface area (Å²) in [7, 11) is 4.60. The number of nitrogens with zero attached hydrogens (tertiary/aromatic N) is 2. The first-order valence-corrected chi connectivity index (χ1v) is 9.52. The van der Waals surface area contributed by atoms with E-state index in [1.54, 1.807) is 18.2 Å². The van der Waals surface area contributed by atoms with Crippen LogP contribution in [0.2, 0.25) is 0 Å². The number of aromatic amines is 1. The number of para-hydroxylation sites is 1. The molecule has 1 heterocycles. The quantitative estimate of drug-likeness (QED) is 0.403. The number of benzene rings is 2. The molecule has 2 aromatic carbocycles. The molecule has 0 saturated heterocycles. The van der Waals surface area contributed by atoms with Crippen molar-refractivity contribution < 1.29 is 23.7 Å². The summed E-state index contributed by atoms with van der Waals surface area (Å²) < 4.78 is 21.5. The van der Waals surface area contributed by atoms with Gasteiger partial charge in [0, 0.05) is 17.2 Å². The van der Waals surface area contributed by atoms with Crippen molar-refractivity contribution in [2.45, 2.75) is 6.92 Å². The molecule has 0 atom stereocenters. The molecule has 0 spiro atoms. The van der Waals surface area contributed by atoms with Gasteiger partial charge in [-0.2, -0.15) is 10.2 Å². The summed E-state index contributed by atoms with van der Waals surface area (Å²) in [5.74, 6) is 1.82. The number of hydrazone groups is 1. The predicted octanol–water partition coefficient (Wildman–Crippen LogP) is 3.27. The Hall–Kier alpha value is -4.01. The third kappa shape index (κ3) is 4.95. The van der Waals surface area contributed by atoms with Crippen molar-refractivity contribution in [3.63, 3.8) is 0 Å². The SMILES string of the molecule is CCOc1ccccc1-c1cc(C(=O)N/N=C/c2cc(OC)c(OC)cc2OC)[nH]n1. The average molecular weight is 424 g/mol. The topological polar surface area (TPSA) is 107 Å². The second-order valence-corrected chi connectivity index (χ2v) is 6.24. The molecule has 0 aliphatic rings. The van der Waals surface area contributed by atoms with Gasteiger partial charge >= 0.3 is 0 Å². The van der Waals surface area contributed by atoms with Gasteiger partial charge in [-0.1, -0.05) is 12.1 Å². The number of aromatic nitrogens is 2. The summed E-state index contributed by atoms with van der Waals surface area (Å²) in [6.07, 6.45) is 1.46. The van der Waals surface area contributed by atoms with Gasteiger partial charge in [0.05, 0.1) is 39.8 Å². The molecule has 0 saturated carbocycles. The summed E-state index contributed by atoms with van der Waals surface area (Å²) >= 11 is 0. The molecule has 3 rings (SSSR count). The van der Waals surface area contributed by atoms with E-state index in [-0.39, 0.29) is 5.69 Å². The van der Waals surface area contributed by atoms with Crippen LogP contribution in [-0.4, -0.2) is 50.3 Å². The maximum atomic E-state index is 12.5. The lowest BCUT2D eigenvalue weighted by Gasteiger charge is -2.11. The van der Waals surface area contributed by atoms with E-state index in [0.717, 1.165) is 5.56 Å². The van der Waals surface area contributed by atoms with Crippen LogP contribution >= 0.6 is 0 Å². The van der Waals surface area contributed by atoms with E-state index >= 15 is 0 Å². The summed E-state index contributed by atoms with van der Waals surface area (Å²) in [4.78, 5) is 12.5. The summed E-state index contributed by atoms with van der Waals surface area (Å²) in [5.41, 5.74) is 4.73. The number of carbonyl (C=O) groups is 1. The fourth-order valence-corrected chi connectivity index (χ4v) is 2.91. The highest BCUT2D eigenvalue weighted by molar-refractivity contribution is 5.94. The van der Waals surface area contributed by atoms with Crippen LogP contribution in [0.25, 0.3) is 11.3 Å². The molecule has 0 bridgehead atoms. The van der Waals surface area contributed by atoms with Crippen molar-refractivity contribution in [1.29, 1.82) is 0 Å². The van der Waals surface area contributed by atoms with E-state index in [1.165, 1.54) is 27.5 Å². The fraction of sp³-hybridized carbons (Fsp3) is 0.227. The number of ether oxygens (including phenoxy) is 4. The number of methoxy groups -OCH3 is 3. The van der Waals surface area contributed by atoms with Gasteiger partial charge in [0.15, 0.2) is 11.5 Å². The molecule has 2 N–H and O–H groups in total. The number of rotatable bonds is 9. The van der Waals surface area contributed by atoms with Crippen molar-refractivity contribution in [2.24, 2.45) is 5.10 Å². The van der Waals surface area contributed by atoms with Crippen LogP contribution in [0.15, 0.2) is 47.6 Å². The zero-order chi connectivity index (χ0) is 22.2. The van der Waals surface area contributed by atoms with Crippen molar-refractivity contribution in [2.75, 3.05) is 27.9 Å². The molecule has 9 nitrogen and oxygen atoms in total. The van der Waals surface area contributed by atoms with E-state index in [9.17, 15) is 4.79 Å². The third-order valence-corrected chi connectivity index (χ3v) is 4.39. The minimum Gasteiger partial charge on any atom is -0.496 e. The van der Waals surface area contributed by atoms with Crippen LogP contribution in [0, 0.1) is 0 Å². The largest absolute Gasteiger partial charge is 0.496 e. The highest BCUT2D eigenvalue weighted by atomic mass is 16.5.